The molecule has 11 heteroatoms. The summed E-state index contributed by atoms with van der Waals surface area (Å²) in [5.74, 6) is -16.6. The molecule has 10 rings (SSSR count). The molecule has 62 heavy (non-hydrogen) atoms. The fourth-order valence-electron chi connectivity index (χ4n) is 8.40. The van der Waals surface area contributed by atoms with Crippen LogP contribution < -0.4 is 9.97 Å². The quantitative estimate of drug-likeness (QED) is 0.131. The summed E-state index contributed by atoms with van der Waals surface area (Å²) < 4.78 is 99.2. The SMILES string of the molecule is Cc1ccc(-c2c3nc(c(-c4ccc(C)cc4)c4ccc([n-]4)c4c5nc(c(-c6ccc(C)cc6)c6ccc2[n-]6)C=C5C(F)(F)C(F)(F)C(F)(F)c2cc(C)ccc2-4)C=C3)cc1.[Zn+2]. The number of halogens is 6. The first-order valence-corrected chi connectivity index (χ1v) is 19.7. The van der Waals surface area contributed by atoms with Crippen LogP contribution in [0.5, 0.6) is 0 Å². The zero-order chi connectivity index (χ0) is 42.6. The zero-order valence-electron chi connectivity index (χ0n) is 34.0. The van der Waals surface area contributed by atoms with Crippen LogP contribution in [0.2, 0.25) is 0 Å². The average molecular weight is 882 g/mol. The van der Waals surface area contributed by atoms with E-state index in [9.17, 15) is 0 Å². The number of aromatic nitrogens is 4. The smallest absolute Gasteiger partial charge is 0.657 e. The maximum atomic E-state index is 16.8. The van der Waals surface area contributed by atoms with Crippen molar-refractivity contribution in [2.24, 2.45) is 0 Å². The zero-order valence-corrected chi connectivity index (χ0v) is 36.9. The van der Waals surface area contributed by atoms with Gasteiger partial charge in [-0.25, -0.2) is 9.97 Å². The van der Waals surface area contributed by atoms with Gasteiger partial charge in [0.2, 0.25) is 0 Å². The first kappa shape index (κ1) is 41.1. The van der Waals surface area contributed by atoms with Gasteiger partial charge in [0, 0.05) is 5.56 Å². The summed E-state index contributed by atoms with van der Waals surface area (Å²) in [4.78, 5) is 20.0. The molecule has 302 valence electrons. The minimum absolute atomic E-state index is 0. The normalized spacial score (nSPS) is 15.5. The molecule has 0 saturated carbocycles. The molecule has 0 atom stereocenters. The Balaban J connectivity index is 0.00000490. The second-order valence-electron chi connectivity index (χ2n) is 15.9. The molecule has 0 amide bonds. The van der Waals surface area contributed by atoms with E-state index in [4.69, 9.17) is 19.9 Å². The third kappa shape index (κ3) is 6.31. The summed E-state index contributed by atoms with van der Waals surface area (Å²) in [5, 5.41) is 0. The molecule has 7 aromatic rings. The van der Waals surface area contributed by atoms with Crippen LogP contribution in [-0.2, 0) is 25.4 Å². The molecular formula is C51H34F6N4Zn. The van der Waals surface area contributed by atoms with E-state index < -0.39 is 40.2 Å². The number of allylic oxidation sites excluding steroid dienone is 1. The molecule has 3 aliphatic rings. The first-order valence-electron chi connectivity index (χ1n) is 19.7. The largest absolute Gasteiger partial charge is 2.00 e. The Morgan fingerprint density at radius 1 is 0.435 bits per heavy atom. The first-order chi connectivity index (χ1) is 29.1. The van der Waals surface area contributed by atoms with E-state index in [-0.39, 0.29) is 47.4 Å². The molecule has 0 fully saturated rings. The minimum Gasteiger partial charge on any atom is -0.657 e. The number of alkyl halides is 6. The molecule has 1 aliphatic carbocycles. The van der Waals surface area contributed by atoms with E-state index >= 15 is 26.3 Å². The van der Waals surface area contributed by atoms with Crippen LogP contribution in [-0.4, -0.2) is 21.8 Å². The number of fused-ring (bicyclic) bond motifs is 10. The van der Waals surface area contributed by atoms with Crippen molar-refractivity contribution in [1.82, 2.24) is 19.9 Å². The van der Waals surface area contributed by atoms with Crippen LogP contribution in [0, 0.1) is 27.7 Å². The van der Waals surface area contributed by atoms with E-state index in [1.165, 1.54) is 25.1 Å². The maximum absolute atomic E-state index is 16.8. The standard InChI is InChI=1S/C51H34F6N4.Zn/c1-27-5-12-31(13-6-27)44-37-19-20-38(58-37)45(32-14-7-28(2)8-15-32)40-23-24-42(60-40)47-34-18-11-30(4)25-35(34)49(52,53)51(56,57)50(54,55)36-26-43(61-48(36)47)46(41-22-21-39(44)59-41)33-16-9-29(3)10-17-33;/h5-26H,1-4H3;/q-2;+2. The van der Waals surface area contributed by atoms with Crippen LogP contribution in [0.25, 0.3) is 90.4 Å². The third-order valence-corrected chi connectivity index (χ3v) is 11.6. The molecule has 4 aromatic carbocycles. The predicted molar refractivity (Wildman–Crippen MR) is 230 cm³/mol. The van der Waals surface area contributed by atoms with E-state index in [1.54, 1.807) is 30.3 Å². The van der Waals surface area contributed by atoms with Gasteiger partial charge in [-0.15, -0.1) is 22.1 Å². The van der Waals surface area contributed by atoms with Crippen molar-refractivity contribution in [3.05, 3.63) is 166 Å². The third-order valence-electron chi connectivity index (χ3n) is 11.6. The maximum Gasteiger partial charge on any atom is 2.00 e. The Morgan fingerprint density at radius 2 is 0.839 bits per heavy atom. The van der Waals surface area contributed by atoms with Crippen molar-refractivity contribution < 1.29 is 45.8 Å². The van der Waals surface area contributed by atoms with Gasteiger partial charge in [0.15, 0.2) is 0 Å². The Kier molecular flexibility index (Phi) is 9.71. The molecule has 0 spiro atoms. The summed E-state index contributed by atoms with van der Waals surface area (Å²) in [6.07, 6.45) is 4.58. The van der Waals surface area contributed by atoms with Crippen molar-refractivity contribution >= 4 is 45.9 Å². The number of rotatable bonds is 3. The van der Waals surface area contributed by atoms with Crippen LogP contribution in [0.15, 0.2) is 115 Å². The summed E-state index contributed by atoms with van der Waals surface area (Å²) in [6, 6.07) is 33.0. The summed E-state index contributed by atoms with van der Waals surface area (Å²) >= 11 is 0. The predicted octanol–water partition coefficient (Wildman–Crippen LogP) is 13.6. The molecule has 0 radical (unpaired) electrons. The average Bonchev–Trinajstić information content (AvgIpc) is 4.07. The van der Waals surface area contributed by atoms with E-state index in [0.717, 1.165) is 40.0 Å². The van der Waals surface area contributed by atoms with Crippen molar-refractivity contribution in [2.45, 2.75) is 45.5 Å². The van der Waals surface area contributed by atoms with Gasteiger partial charge >= 0.3 is 37.2 Å². The molecule has 5 heterocycles. The van der Waals surface area contributed by atoms with Crippen LogP contribution in [0.1, 0.15) is 50.6 Å². The van der Waals surface area contributed by atoms with Gasteiger partial charge in [-0.1, -0.05) is 131 Å². The second kappa shape index (κ2) is 14.7. The summed E-state index contributed by atoms with van der Waals surface area (Å²) in [6.45, 7) is 7.26. The van der Waals surface area contributed by atoms with Gasteiger partial charge in [-0.05, 0) is 96.5 Å². The van der Waals surface area contributed by atoms with Gasteiger partial charge in [-0.2, -0.15) is 26.3 Å². The molecule has 8 bridgehead atoms. The van der Waals surface area contributed by atoms with Gasteiger partial charge in [-0.3, -0.25) is 0 Å². The Bertz CT molecular complexity index is 3200. The van der Waals surface area contributed by atoms with Crippen LogP contribution in [0.3, 0.4) is 0 Å². The molecule has 0 saturated heterocycles. The fraction of sp³-hybridized carbons (Fsp3) is 0.137. The van der Waals surface area contributed by atoms with Gasteiger partial charge in [0.05, 0.1) is 28.3 Å². The van der Waals surface area contributed by atoms with Crippen molar-refractivity contribution in [2.75, 3.05) is 0 Å². The Labute approximate surface area is 365 Å². The van der Waals surface area contributed by atoms with E-state index in [2.05, 4.69) is 0 Å². The number of nitrogens with zero attached hydrogens (tertiary/aromatic N) is 4. The van der Waals surface area contributed by atoms with Gasteiger partial charge in [0.25, 0.3) is 0 Å². The van der Waals surface area contributed by atoms with Crippen LogP contribution >= 0.6 is 0 Å². The molecular weight excluding hydrogens is 848 g/mol. The number of aryl methyl sites for hydroxylation is 4. The Morgan fingerprint density at radius 3 is 1.29 bits per heavy atom. The molecule has 4 nitrogen and oxygen atoms in total. The van der Waals surface area contributed by atoms with E-state index in [0.29, 0.717) is 44.6 Å². The van der Waals surface area contributed by atoms with E-state index in [1.807, 2.05) is 93.6 Å². The van der Waals surface area contributed by atoms with Crippen molar-refractivity contribution in [1.29, 1.82) is 0 Å². The number of hydrogen-bond acceptors (Lipinski definition) is 2. The number of hydrogen-bond donors (Lipinski definition) is 0. The minimum atomic E-state index is -5.87. The Hall–Kier alpha value is -6.32. The molecule has 0 N–H and O–H groups in total. The topological polar surface area (TPSA) is 54.0 Å². The van der Waals surface area contributed by atoms with Crippen molar-refractivity contribution in [3.8, 4) is 44.5 Å². The summed E-state index contributed by atoms with van der Waals surface area (Å²) in [5.41, 5.74) is 4.98. The van der Waals surface area contributed by atoms with Gasteiger partial charge in [0.1, 0.15) is 0 Å². The molecule has 2 aliphatic heterocycles. The van der Waals surface area contributed by atoms with Gasteiger partial charge < -0.3 is 9.97 Å². The summed E-state index contributed by atoms with van der Waals surface area (Å²) in [7, 11) is 0. The number of benzene rings is 4. The van der Waals surface area contributed by atoms with Crippen LogP contribution in [0.4, 0.5) is 26.3 Å². The fourth-order valence-corrected chi connectivity index (χ4v) is 8.40. The molecule has 3 aromatic heterocycles. The monoisotopic (exact) mass is 880 g/mol. The van der Waals surface area contributed by atoms with Crippen molar-refractivity contribution in [3.63, 3.8) is 0 Å². The molecule has 0 unspecified atom stereocenters. The second-order valence-corrected chi connectivity index (χ2v) is 15.9.